The molecule has 0 aliphatic carbocycles. The highest BCUT2D eigenvalue weighted by Gasteiger charge is 2.15. The number of hydrogen-bond acceptors (Lipinski definition) is 3. The highest BCUT2D eigenvalue weighted by atomic mass is 16.3. The molecular formula is C18H26N2O. The third-order valence-corrected chi connectivity index (χ3v) is 3.63. The zero-order chi connectivity index (χ0) is 15.1. The van der Waals surface area contributed by atoms with Crippen molar-refractivity contribution >= 4 is 11.0 Å². The van der Waals surface area contributed by atoms with Crippen LogP contribution in [0.1, 0.15) is 31.6 Å². The van der Waals surface area contributed by atoms with Crippen LogP contribution in [0.4, 0.5) is 0 Å². The van der Waals surface area contributed by atoms with E-state index in [1.165, 1.54) is 10.9 Å². The summed E-state index contributed by atoms with van der Waals surface area (Å²) >= 11 is 0. The van der Waals surface area contributed by atoms with E-state index in [1.807, 2.05) is 18.2 Å². The molecule has 0 saturated carbocycles. The second-order valence-electron chi connectivity index (χ2n) is 5.30. The van der Waals surface area contributed by atoms with Gasteiger partial charge in [-0.2, -0.15) is 0 Å². The molecule has 2 rings (SSSR count). The van der Waals surface area contributed by atoms with Crippen LogP contribution < -0.4 is 5.32 Å². The van der Waals surface area contributed by atoms with Crippen molar-refractivity contribution in [3.63, 3.8) is 0 Å². The lowest BCUT2D eigenvalue weighted by molar-refractivity contribution is 0.270. The SMILES string of the molecule is C=CCN(CCC)Cc1oc2ccccc2c1CNCC. The molecule has 1 heterocycles. The molecule has 0 aliphatic rings. The number of para-hydroxylation sites is 1. The van der Waals surface area contributed by atoms with Crippen molar-refractivity contribution in [2.75, 3.05) is 19.6 Å². The lowest BCUT2D eigenvalue weighted by Gasteiger charge is -2.19. The molecule has 3 heteroatoms. The van der Waals surface area contributed by atoms with Gasteiger partial charge in [-0.05, 0) is 25.6 Å². The zero-order valence-electron chi connectivity index (χ0n) is 13.2. The summed E-state index contributed by atoms with van der Waals surface area (Å²) in [5.74, 6) is 1.08. The van der Waals surface area contributed by atoms with Crippen molar-refractivity contribution in [2.45, 2.75) is 33.4 Å². The second kappa shape index (κ2) is 8.01. The Labute approximate surface area is 127 Å². The van der Waals surface area contributed by atoms with Gasteiger partial charge >= 0.3 is 0 Å². The van der Waals surface area contributed by atoms with Gasteiger partial charge in [0.05, 0.1) is 6.54 Å². The van der Waals surface area contributed by atoms with Crippen LogP contribution in [0.15, 0.2) is 41.3 Å². The maximum absolute atomic E-state index is 6.10. The quantitative estimate of drug-likeness (QED) is 0.708. The fraction of sp³-hybridized carbons (Fsp3) is 0.444. The lowest BCUT2D eigenvalue weighted by Crippen LogP contribution is -2.25. The molecule has 2 aromatic rings. The van der Waals surface area contributed by atoms with Gasteiger partial charge in [-0.3, -0.25) is 4.90 Å². The molecule has 0 bridgehead atoms. The van der Waals surface area contributed by atoms with Gasteiger partial charge in [-0.25, -0.2) is 0 Å². The molecular weight excluding hydrogens is 260 g/mol. The molecule has 0 spiro atoms. The van der Waals surface area contributed by atoms with Gasteiger partial charge in [-0.1, -0.05) is 38.1 Å². The van der Waals surface area contributed by atoms with Crippen LogP contribution in [0.25, 0.3) is 11.0 Å². The first-order chi connectivity index (χ1) is 10.3. The molecule has 21 heavy (non-hydrogen) atoms. The van der Waals surface area contributed by atoms with E-state index in [-0.39, 0.29) is 0 Å². The molecule has 0 aliphatic heterocycles. The van der Waals surface area contributed by atoms with E-state index in [1.54, 1.807) is 0 Å². The van der Waals surface area contributed by atoms with Crippen LogP contribution >= 0.6 is 0 Å². The van der Waals surface area contributed by atoms with Crippen molar-refractivity contribution in [3.05, 3.63) is 48.2 Å². The standard InChI is InChI=1S/C18H26N2O/c1-4-11-20(12-5-2)14-18-16(13-19-6-3)15-9-7-8-10-17(15)21-18/h4,7-10,19H,1,5-6,11-14H2,2-3H3. The molecule has 1 aromatic heterocycles. The Bertz CT molecular complexity index is 574. The smallest absolute Gasteiger partial charge is 0.134 e. The van der Waals surface area contributed by atoms with Gasteiger partial charge in [-0.15, -0.1) is 6.58 Å². The predicted molar refractivity (Wildman–Crippen MR) is 89.4 cm³/mol. The number of rotatable bonds is 9. The molecule has 1 aromatic carbocycles. The largest absolute Gasteiger partial charge is 0.459 e. The third-order valence-electron chi connectivity index (χ3n) is 3.63. The summed E-state index contributed by atoms with van der Waals surface area (Å²) in [6, 6.07) is 8.30. The molecule has 0 atom stereocenters. The maximum Gasteiger partial charge on any atom is 0.134 e. The Hall–Kier alpha value is -1.58. The molecule has 0 amide bonds. The minimum atomic E-state index is 0.843. The number of nitrogens with zero attached hydrogens (tertiary/aromatic N) is 1. The van der Waals surface area contributed by atoms with Crippen molar-refractivity contribution in [1.29, 1.82) is 0 Å². The van der Waals surface area contributed by atoms with E-state index in [2.05, 4.69) is 42.8 Å². The molecule has 114 valence electrons. The summed E-state index contributed by atoms with van der Waals surface area (Å²) in [6.07, 6.45) is 3.10. The van der Waals surface area contributed by atoms with Gasteiger partial charge in [0.2, 0.25) is 0 Å². The first-order valence-corrected chi connectivity index (χ1v) is 7.83. The van der Waals surface area contributed by atoms with Gasteiger partial charge < -0.3 is 9.73 Å². The minimum Gasteiger partial charge on any atom is -0.459 e. The highest BCUT2D eigenvalue weighted by molar-refractivity contribution is 5.82. The van der Waals surface area contributed by atoms with Crippen molar-refractivity contribution in [3.8, 4) is 0 Å². The van der Waals surface area contributed by atoms with Gasteiger partial charge in [0.25, 0.3) is 0 Å². The van der Waals surface area contributed by atoms with Crippen LogP contribution in [0.5, 0.6) is 0 Å². The maximum atomic E-state index is 6.10. The lowest BCUT2D eigenvalue weighted by atomic mass is 10.1. The molecule has 0 unspecified atom stereocenters. The summed E-state index contributed by atoms with van der Waals surface area (Å²) in [5, 5.41) is 4.65. The van der Waals surface area contributed by atoms with Gasteiger partial charge in [0.15, 0.2) is 0 Å². The van der Waals surface area contributed by atoms with E-state index in [0.29, 0.717) is 0 Å². The van der Waals surface area contributed by atoms with E-state index in [9.17, 15) is 0 Å². The Morgan fingerprint density at radius 1 is 1.29 bits per heavy atom. The summed E-state index contributed by atoms with van der Waals surface area (Å²) in [7, 11) is 0. The molecule has 0 fully saturated rings. The van der Waals surface area contributed by atoms with Gasteiger partial charge in [0, 0.05) is 24.0 Å². The Morgan fingerprint density at radius 2 is 2.10 bits per heavy atom. The second-order valence-corrected chi connectivity index (χ2v) is 5.30. The van der Waals surface area contributed by atoms with E-state index in [4.69, 9.17) is 4.42 Å². The average molecular weight is 286 g/mol. The average Bonchev–Trinajstić information content (AvgIpc) is 2.83. The van der Waals surface area contributed by atoms with Crippen molar-refractivity contribution in [1.82, 2.24) is 10.2 Å². The fourth-order valence-electron chi connectivity index (χ4n) is 2.66. The Balaban J connectivity index is 2.29. The van der Waals surface area contributed by atoms with E-state index in [0.717, 1.165) is 50.5 Å². The Kier molecular flexibility index (Phi) is 6.03. The van der Waals surface area contributed by atoms with Crippen molar-refractivity contribution in [2.24, 2.45) is 0 Å². The summed E-state index contributed by atoms with van der Waals surface area (Å²) < 4.78 is 6.10. The van der Waals surface area contributed by atoms with Crippen LogP contribution in [0, 0.1) is 0 Å². The van der Waals surface area contributed by atoms with Gasteiger partial charge in [0.1, 0.15) is 11.3 Å². The molecule has 0 radical (unpaired) electrons. The zero-order valence-corrected chi connectivity index (χ0v) is 13.2. The predicted octanol–water partition coefficient (Wildman–Crippen LogP) is 3.94. The first kappa shape index (κ1) is 15.8. The number of hydrogen-bond donors (Lipinski definition) is 1. The highest BCUT2D eigenvalue weighted by Crippen LogP contribution is 2.27. The molecule has 3 nitrogen and oxygen atoms in total. The van der Waals surface area contributed by atoms with Crippen LogP contribution in [0.3, 0.4) is 0 Å². The van der Waals surface area contributed by atoms with Crippen molar-refractivity contribution < 1.29 is 4.42 Å². The normalized spacial score (nSPS) is 11.4. The molecule has 0 saturated heterocycles. The monoisotopic (exact) mass is 286 g/mol. The summed E-state index contributed by atoms with van der Waals surface area (Å²) in [4.78, 5) is 2.38. The third kappa shape index (κ3) is 3.96. The number of nitrogens with one attached hydrogen (secondary N) is 1. The van der Waals surface area contributed by atoms with E-state index >= 15 is 0 Å². The number of furan rings is 1. The number of fused-ring (bicyclic) bond motifs is 1. The fourth-order valence-corrected chi connectivity index (χ4v) is 2.66. The van der Waals surface area contributed by atoms with Crippen LogP contribution in [-0.2, 0) is 13.1 Å². The van der Waals surface area contributed by atoms with Crippen LogP contribution in [0.2, 0.25) is 0 Å². The number of benzene rings is 1. The topological polar surface area (TPSA) is 28.4 Å². The van der Waals surface area contributed by atoms with E-state index < -0.39 is 0 Å². The first-order valence-electron chi connectivity index (χ1n) is 7.83. The van der Waals surface area contributed by atoms with Crippen LogP contribution in [-0.4, -0.2) is 24.5 Å². The molecule has 1 N–H and O–H groups in total. The Morgan fingerprint density at radius 3 is 2.81 bits per heavy atom. The summed E-state index contributed by atoms with van der Waals surface area (Å²) in [6.45, 7) is 12.8. The minimum absolute atomic E-state index is 0.843. The summed E-state index contributed by atoms with van der Waals surface area (Å²) in [5.41, 5.74) is 2.27.